The molecule has 4 N–H and O–H groups in total. The first kappa shape index (κ1) is 56.0. The Morgan fingerprint density at radius 2 is 0.893 bits per heavy atom. The zero-order valence-electron chi connectivity index (χ0n) is 42.5. The molecule has 0 aliphatic heterocycles. The number of amides is 2. The Hall–Kier alpha value is -6.78. The summed E-state index contributed by atoms with van der Waals surface area (Å²) in [5.41, 5.74) is 11.6. The summed E-state index contributed by atoms with van der Waals surface area (Å²) in [5.74, 6) is -0.737. The number of nitrogens with zero attached hydrogens (tertiary/aromatic N) is 2. The molecule has 0 saturated heterocycles. The largest absolute Gasteiger partial charge is 1.00 e. The predicted molar refractivity (Wildman–Crippen MR) is 292 cm³/mol. The molecule has 6 aromatic carbocycles. The summed E-state index contributed by atoms with van der Waals surface area (Å²) in [6.07, 6.45) is 5.67. The molecule has 2 aliphatic carbocycles. The average Bonchev–Trinajstić information content (AvgIpc) is 3.94. The minimum absolute atomic E-state index is 0. The second-order valence-electron chi connectivity index (χ2n) is 18.7. The predicted octanol–water partition coefficient (Wildman–Crippen LogP) is 12.1. The summed E-state index contributed by atoms with van der Waals surface area (Å²) in [5, 5.41) is 15.5. The van der Waals surface area contributed by atoms with Crippen LogP contribution in [0.5, 0.6) is 0 Å². The maximum absolute atomic E-state index is 12.6. The molecule has 8 aromatic rings. The topological polar surface area (TPSA) is 187 Å². The number of aromatic nitrogens is 2. The quantitative estimate of drug-likeness (QED) is 0.0699. The molecule has 2 saturated carbocycles. The van der Waals surface area contributed by atoms with Crippen LogP contribution in [0.2, 0.25) is 0 Å². The zero-order valence-corrected chi connectivity index (χ0v) is 46.1. The van der Waals surface area contributed by atoms with E-state index >= 15 is 0 Å². The fourth-order valence-corrected chi connectivity index (χ4v) is 11.0. The molecule has 2 atom stereocenters. The molecule has 2 amide bonds. The summed E-state index contributed by atoms with van der Waals surface area (Å²) in [6, 6.07) is 51.5. The average molecular weight is 1050 g/mol. The number of hydrogen-bond acceptors (Lipinski definition) is 11. The Balaban J connectivity index is 0.000000213. The van der Waals surface area contributed by atoms with Gasteiger partial charge < -0.3 is 24.9 Å². The van der Waals surface area contributed by atoms with Crippen molar-refractivity contribution in [3.05, 3.63) is 191 Å². The van der Waals surface area contributed by atoms with Gasteiger partial charge in [0, 0.05) is 0 Å². The Kier molecular flexibility index (Phi) is 18.4. The Labute approximate surface area is 467 Å². The monoisotopic (exact) mass is 1050 g/mol. The summed E-state index contributed by atoms with van der Waals surface area (Å²) in [4.78, 5) is 50.3. The van der Waals surface area contributed by atoms with Gasteiger partial charge in [-0.1, -0.05) is 189 Å². The molecular formula is C60H56N4NaO8S2-. The van der Waals surface area contributed by atoms with Gasteiger partial charge in [-0.05, 0) is 114 Å². The minimum atomic E-state index is -0.737. The van der Waals surface area contributed by atoms with E-state index in [-0.39, 0.29) is 47.2 Å². The van der Waals surface area contributed by atoms with Crippen LogP contribution in [-0.4, -0.2) is 43.8 Å². The zero-order chi connectivity index (χ0) is 51.1. The molecule has 12 nitrogen and oxygen atoms in total. The Morgan fingerprint density at radius 1 is 0.547 bits per heavy atom. The third-order valence-electron chi connectivity index (χ3n) is 14.1. The van der Waals surface area contributed by atoms with Crippen LogP contribution >= 0.6 is 23.1 Å². The fourth-order valence-electron chi connectivity index (χ4n) is 9.32. The van der Waals surface area contributed by atoms with E-state index in [0.29, 0.717) is 24.2 Å². The van der Waals surface area contributed by atoms with Crippen molar-refractivity contribution in [3.63, 3.8) is 0 Å². The van der Waals surface area contributed by atoms with Gasteiger partial charge in [-0.25, -0.2) is 9.59 Å². The van der Waals surface area contributed by atoms with Crippen molar-refractivity contribution in [1.82, 2.24) is 8.75 Å². The molecule has 2 heterocycles. The van der Waals surface area contributed by atoms with Gasteiger partial charge in [-0.3, -0.25) is 21.7 Å². The molecule has 0 bridgehead atoms. The molecule has 75 heavy (non-hydrogen) atoms. The summed E-state index contributed by atoms with van der Waals surface area (Å²) < 4.78 is 20.1. The number of hydrogen-bond donors (Lipinski definition) is 3. The molecular weight excluding hydrogens is 992 g/mol. The van der Waals surface area contributed by atoms with Gasteiger partial charge in [0.2, 0.25) is 0 Å². The Morgan fingerprint density at radius 3 is 1.21 bits per heavy atom. The van der Waals surface area contributed by atoms with Crippen molar-refractivity contribution >= 4 is 58.9 Å². The minimum Gasteiger partial charge on any atom is -0.870 e. The first-order valence-electron chi connectivity index (χ1n) is 24.4. The van der Waals surface area contributed by atoms with Gasteiger partial charge >= 0.3 is 47.7 Å². The van der Waals surface area contributed by atoms with Gasteiger partial charge in [0.05, 0.1) is 37.9 Å². The number of nitrogens with one attached hydrogen (secondary N) is 2. The molecule has 2 aromatic heterocycles. The third kappa shape index (κ3) is 12.3. The van der Waals surface area contributed by atoms with Crippen LogP contribution in [0.3, 0.4) is 0 Å². The molecule has 10 rings (SSSR count). The second-order valence-corrected chi connectivity index (χ2v) is 20.2. The number of carbonyl (C=O) groups excluding carboxylic acids is 3. The number of carboxylic acid groups (broad SMARTS) is 1. The second kappa shape index (κ2) is 24.7. The normalized spacial score (nSPS) is 14.5. The molecule has 0 spiro atoms. The number of benzene rings is 6. The van der Waals surface area contributed by atoms with E-state index < -0.39 is 29.0 Å². The van der Waals surface area contributed by atoms with E-state index in [9.17, 15) is 24.3 Å². The SMILES string of the molecule is Cc1nsc(-c2ccc(-c3ccc(C4(C(=O)O)CCC4)cc3)cc2)c1NC(=O)O[C@H](C)c1ccccc1.Cc1nsc(-c2ccc(-c3ccc(C4([C-]=O)CCC4)cc3)cc2)c1NC(=O)O[C@H](C)c1ccccc1.[Na+].[OH-]. The number of aryl methyl sites for hydroxylation is 2. The van der Waals surface area contributed by atoms with E-state index in [4.69, 9.17) is 9.47 Å². The number of ether oxygens (including phenoxy) is 2. The van der Waals surface area contributed by atoms with E-state index in [2.05, 4.69) is 49.9 Å². The van der Waals surface area contributed by atoms with Crippen LogP contribution in [0.25, 0.3) is 43.1 Å². The summed E-state index contributed by atoms with van der Waals surface area (Å²) in [6.45, 7) is 7.42. The van der Waals surface area contributed by atoms with Gasteiger partial charge in [0.1, 0.15) is 12.2 Å². The smallest absolute Gasteiger partial charge is 0.870 e. The van der Waals surface area contributed by atoms with E-state index in [1.165, 1.54) is 23.1 Å². The number of rotatable bonds is 14. The summed E-state index contributed by atoms with van der Waals surface area (Å²) in [7, 11) is 0. The van der Waals surface area contributed by atoms with E-state index in [0.717, 1.165) is 102 Å². The molecule has 0 radical (unpaired) electrons. The number of carboxylic acids is 1. The fraction of sp³-hybridized carbons (Fsp3) is 0.233. The molecule has 2 fully saturated rings. The number of aliphatic carboxylic acids is 1. The third-order valence-corrected chi connectivity index (χ3v) is 16.1. The number of anilines is 2. The maximum Gasteiger partial charge on any atom is 1.00 e. The van der Waals surface area contributed by atoms with Crippen molar-refractivity contribution in [2.75, 3.05) is 10.6 Å². The van der Waals surface area contributed by atoms with Crippen molar-refractivity contribution in [2.24, 2.45) is 0 Å². The van der Waals surface area contributed by atoms with Crippen LogP contribution in [0.1, 0.15) is 98.2 Å². The van der Waals surface area contributed by atoms with Crippen molar-refractivity contribution < 1.29 is 68.8 Å². The van der Waals surface area contributed by atoms with Crippen LogP contribution in [0.4, 0.5) is 21.0 Å². The van der Waals surface area contributed by atoms with Crippen LogP contribution in [0, 0.1) is 13.8 Å². The Bertz CT molecular complexity index is 3210. The van der Waals surface area contributed by atoms with Gasteiger partial charge in [-0.15, -0.1) is 5.41 Å². The van der Waals surface area contributed by atoms with Crippen molar-refractivity contribution in [1.29, 1.82) is 0 Å². The van der Waals surface area contributed by atoms with Gasteiger partial charge in [0.15, 0.2) is 0 Å². The molecule has 15 heteroatoms. The van der Waals surface area contributed by atoms with Crippen LogP contribution in [-0.2, 0) is 29.9 Å². The standard InChI is InChI=1S/C30H28N2O4S.C30H27N2O3S.Na.H2O/c1-19-26(31-29(35)36-20(2)21-7-4-3-5-8-21)27(37-32-19)24-11-9-22(10-12-24)23-13-15-25(16-14-23)30(28(33)34)17-6-18-30;1-20-27(31-29(34)35-21(2)22-7-4-3-5-8-22)28(36-32-20)25-11-9-23(10-12-25)24-13-15-26(16-14-24)30(19-33)17-6-18-30;;/h3-5,7-16,20H,6,17-18H2,1-2H3,(H,31,35)(H,33,34);3-5,7-16,21H,6,17-18H2,1-2H3,(H,31,34);;1H2/q;-1;+1;/p-1/t20-;21-;;/m11../s1. The van der Waals surface area contributed by atoms with Gasteiger partial charge in [-0.2, -0.15) is 8.75 Å². The van der Waals surface area contributed by atoms with E-state index in [1.807, 2.05) is 161 Å². The van der Waals surface area contributed by atoms with Crippen LogP contribution in [0.15, 0.2) is 158 Å². The molecule has 378 valence electrons. The van der Waals surface area contributed by atoms with Crippen molar-refractivity contribution in [2.45, 2.75) is 89.3 Å². The first-order valence-corrected chi connectivity index (χ1v) is 25.9. The number of carbonyl (C=O) groups is 3. The molecule has 2 aliphatic rings. The van der Waals surface area contributed by atoms with Crippen molar-refractivity contribution in [3.8, 4) is 43.1 Å². The maximum atomic E-state index is 12.6. The first-order chi connectivity index (χ1) is 35.4. The van der Waals surface area contributed by atoms with E-state index in [1.54, 1.807) is 0 Å². The van der Waals surface area contributed by atoms with Gasteiger partial charge in [0.25, 0.3) is 0 Å². The molecule has 0 unspecified atom stereocenters. The van der Waals surface area contributed by atoms with Crippen LogP contribution < -0.4 is 40.2 Å². The summed E-state index contributed by atoms with van der Waals surface area (Å²) >= 11 is 2.68.